The minimum Gasteiger partial charge on any atom is -0.397 e. The number of nitrogens with two attached hydrogens (primary N) is 1. The van der Waals surface area contributed by atoms with Gasteiger partial charge < -0.3 is 16.0 Å². The molecule has 228 valence electrons. The van der Waals surface area contributed by atoms with Crippen LogP contribution in [-0.4, -0.2) is 46.0 Å². The van der Waals surface area contributed by atoms with Crippen molar-refractivity contribution >= 4 is 32.9 Å². The van der Waals surface area contributed by atoms with Crippen LogP contribution in [0.2, 0.25) is 0 Å². The molecule has 1 amide bonds. The first kappa shape index (κ1) is 35.9. The number of nitrogens with zero attached hydrogens (tertiary/aromatic N) is 1. The molecule has 41 heavy (non-hydrogen) atoms. The Morgan fingerprint density at radius 1 is 1.07 bits per heavy atom. The topological polar surface area (TPSA) is 110 Å². The molecular formula is C33H51N3O4S. The number of benzene rings is 2. The van der Waals surface area contributed by atoms with E-state index in [4.69, 9.17) is 5.73 Å². The Labute approximate surface area is 248 Å². The lowest BCUT2D eigenvalue weighted by Crippen LogP contribution is -2.42. The smallest absolute Gasteiger partial charge is 0.251 e. The molecule has 2 aromatic rings. The number of nitrogens with one attached hydrogen (secondary N) is 1. The molecule has 0 radical (unpaired) electrons. The SMILES string of the molecule is C.C=C(C)C(=O)CC(NC(=O)c1ccc(N(C)CCC(C)C)c(N)c1)C1CCCCC1.CS(=O)(=O)c1ccccc1. The quantitative estimate of drug-likeness (QED) is 0.225. The maximum Gasteiger partial charge on any atom is 0.251 e. The lowest BCUT2D eigenvalue weighted by atomic mass is 9.81. The third kappa shape index (κ3) is 12.1. The van der Waals surface area contributed by atoms with Crippen molar-refractivity contribution in [3.05, 3.63) is 66.2 Å². The molecule has 0 bridgehead atoms. The van der Waals surface area contributed by atoms with Crippen LogP contribution in [0.1, 0.15) is 83.5 Å². The van der Waals surface area contributed by atoms with Crippen LogP contribution in [-0.2, 0) is 14.6 Å². The standard InChI is InChI=1S/C25H39N3O2.C7H8O2S.CH4/c1-17(2)13-14-28(5)23-12-11-20(15-21(23)26)25(30)27-22(16-24(29)18(3)4)19-9-7-6-8-10-19;1-10(8,9)7-5-3-2-4-6-7;/h11-12,15,17,19,22H,3,6-10,13-14,16,26H2,1-2,4-5H3,(H,27,30);2-6H,1H3;1H4. The first-order valence-electron chi connectivity index (χ1n) is 14.1. The van der Waals surface area contributed by atoms with Crippen LogP contribution in [0.4, 0.5) is 11.4 Å². The van der Waals surface area contributed by atoms with Gasteiger partial charge in [0.2, 0.25) is 0 Å². The summed E-state index contributed by atoms with van der Waals surface area (Å²) >= 11 is 0. The van der Waals surface area contributed by atoms with Gasteiger partial charge in [0.25, 0.3) is 5.91 Å². The van der Waals surface area contributed by atoms with Crippen LogP contribution in [0, 0.1) is 11.8 Å². The van der Waals surface area contributed by atoms with Crippen molar-refractivity contribution in [2.45, 2.75) is 84.1 Å². The number of carbonyl (C=O) groups excluding carboxylic acids is 2. The fraction of sp³-hybridized carbons (Fsp3) is 0.515. The predicted molar refractivity (Wildman–Crippen MR) is 172 cm³/mol. The molecular weight excluding hydrogens is 534 g/mol. The van der Waals surface area contributed by atoms with Gasteiger partial charge in [0.1, 0.15) is 0 Å². The van der Waals surface area contributed by atoms with E-state index < -0.39 is 9.84 Å². The fourth-order valence-corrected chi connectivity index (χ4v) is 5.43. The van der Waals surface area contributed by atoms with Crippen molar-refractivity contribution in [2.24, 2.45) is 11.8 Å². The summed E-state index contributed by atoms with van der Waals surface area (Å²) in [6.07, 6.45) is 8.24. The molecule has 0 spiro atoms. The normalized spacial score (nSPS) is 14.2. The summed E-state index contributed by atoms with van der Waals surface area (Å²) in [4.78, 5) is 27.8. The van der Waals surface area contributed by atoms with Crippen LogP contribution in [0.5, 0.6) is 0 Å². The van der Waals surface area contributed by atoms with Gasteiger partial charge in [-0.1, -0.05) is 65.3 Å². The fourth-order valence-electron chi connectivity index (χ4n) is 4.78. The lowest BCUT2D eigenvalue weighted by molar-refractivity contribution is -0.116. The highest BCUT2D eigenvalue weighted by atomic mass is 32.2. The highest BCUT2D eigenvalue weighted by molar-refractivity contribution is 7.90. The average molecular weight is 586 g/mol. The maximum atomic E-state index is 13.0. The Bertz CT molecular complexity index is 1240. The molecule has 8 heteroatoms. The van der Waals surface area contributed by atoms with Gasteiger partial charge in [-0.05, 0) is 73.9 Å². The number of hydrogen-bond donors (Lipinski definition) is 2. The number of hydrogen-bond acceptors (Lipinski definition) is 6. The summed E-state index contributed by atoms with van der Waals surface area (Å²) in [5.41, 5.74) is 8.89. The van der Waals surface area contributed by atoms with Gasteiger partial charge in [0.15, 0.2) is 15.6 Å². The number of anilines is 2. The number of Topliss-reactive ketones (excluding diaryl/α,β-unsaturated/α-hetero) is 1. The highest BCUT2D eigenvalue weighted by Crippen LogP contribution is 2.29. The minimum absolute atomic E-state index is 0. The Morgan fingerprint density at radius 3 is 2.17 bits per heavy atom. The molecule has 1 aliphatic carbocycles. The Kier molecular flexibility index (Phi) is 14.9. The van der Waals surface area contributed by atoms with Crippen molar-refractivity contribution in [1.29, 1.82) is 0 Å². The number of allylic oxidation sites excluding steroid dienone is 1. The summed E-state index contributed by atoms with van der Waals surface area (Å²) in [5.74, 6) is 0.817. The molecule has 0 aliphatic heterocycles. The van der Waals surface area contributed by atoms with E-state index in [0.717, 1.165) is 44.3 Å². The molecule has 1 saturated carbocycles. The van der Waals surface area contributed by atoms with Crippen molar-refractivity contribution in [3.63, 3.8) is 0 Å². The zero-order valence-corrected chi connectivity index (χ0v) is 25.6. The summed E-state index contributed by atoms with van der Waals surface area (Å²) in [6, 6.07) is 13.7. The molecule has 3 N–H and O–H groups in total. The van der Waals surface area contributed by atoms with E-state index in [1.807, 2.05) is 19.2 Å². The molecule has 1 atom stereocenters. The van der Waals surface area contributed by atoms with Gasteiger partial charge >= 0.3 is 0 Å². The molecule has 7 nitrogen and oxygen atoms in total. The second-order valence-electron chi connectivity index (χ2n) is 11.3. The van der Waals surface area contributed by atoms with Crippen LogP contribution < -0.4 is 16.0 Å². The molecule has 0 heterocycles. The summed E-state index contributed by atoms with van der Waals surface area (Å²) in [6.45, 7) is 10.8. The van der Waals surface area contributed by atoms with Crippen LogP contribution >= 0.6 is 0 Å². The summed E-state index contributed by atoms with van der Waals surface area (Å²) < 4.78 is 21.7. The zero-order valence-electron chi connectivity index (χ0n) is 24.8. The third-order valence-electron chi connectivity index (χ3n) is 7.33. The van der Waals surface area contributed by atoms with Crippen molar-refractivity contribution in [3.8, 4) is 0 Å². The van der Waals surface area contributed by atoms with Gasteiger partial charge in [0, 0.05) is 37.9 Å². The summed E-state index contributed by atoms with van der Waals surface area (Å²) in [5, 5.41) is 3.13. The molecule has 3 rings (SSSR count). The number of nitrogen functional groups attached to an aromatic ring is 1. The lowest BCUT2D eigenvalue weighted by Gasteiger charge is -2.31. The van der Waals surface area contributed by atoms with E-state index in [1.54, 1.807) is 43.3 Å². The maximum absolute atomic E-state index is 13.0. The van der Waals surface area contributed by atoms with E-state index in [9.17, 15) is 18.0 Å². The highest BCUT2D eigenvalue weighted by Gasteiger charge is 2.28. The molecule has 1 unspecified atom stereocenters. The van der Waals surface area contributed by atoms with Crippen LogP contribution in [0.25, 0.3) is 0 Å². The minimum atomic E-state index is -3.00. The van der Waals surface area contributed by atoms with E-state index in [0.29, 0.717) is 40.0 Å². The molecule has 0 saturated heterocycles. The van der Waals surface area contributed by atoms with Crippen molar-refractivity contribution in [2.75, 3.05) is 30.5 Å². The zero-order chi connectivity index (χ0) is 29.9. The Hall–Kier alpha value is -3.13. The van der Waals surface area contributed by atoms with Gasteiger partial charge in [-0.3, -0.25) is 9.59 Å². The third-order valence-corrected chi connectivity index (χ3v) is 8.46. The molecule has 2 aromatic carbocycles. The van der Waals surface area contributed by atoms with E-state index in [1.165, 1.54) is 12.7 Å². The van der Waals surface area contributed by atoms with Crippen LogP contribution in [0.15, 0.2) is 65.6 Å². The Morgan fingerprint density at radius 2 is 1.68 bits per heavy atom. The summed E-state index contributed by atoms with van der Waals surface area (Å²) in [7, 11) is -0.979. The molecule has 1 aliphatic rings. The number of ketones is 1. The van der Waals surface area contributed by atoms with Crippen molar-refractivity contribution < 1.29 is 18.0 Å². The molecule has 0 aromatic heterocycles. The second-order valence-corrected chi connectivity index (χ2v) is 13.4. The first-order chi connectivity index (χ1) is 18.8. The predicted octanol–water partition coefficient (Wildman–Crippen LogP) is 6.69. The molecule has 1 fully saturated rings. The van der Waals surface area contributed by atoms with Gasteiger partial charge in [-0.2, -0.15) is 0 Å². The van der Waals surface area contributed by atoms with Gasteiger partial charge in [0.05, 0.1) is 16.3 Å². The van der Waals surface area contributed by atoms with Gasteiger partial charge in [-0.15, -0.1) is 0 Å². The van der Waals surface area contributed by atoms with Gasteiger partial charge in [-0.25, -0.2) is 8.42 Å². The monoisotopic (exact) mass is 585 g/mol. The average Bonchev–Trinajstić information content (AvgIpc) is 2.92. The van der Waals surface area contributed by atoms with Crippen molar-refractivity contribution in [1.82, 2.24) is 5.32 Å². The van der Waals surface area contributed by atoms with Crippen LogP contribution in [0.3, 0.4) is 0 Å². The number of rotatable bonds is 11. The van der Waals surface area contributed by atoms with E-state index in [-0.39, 0.29) is 25.2 Å². The number of carbonyl (C=O) groups is 2. The largest absolute Gasteiger partial charge is 0.397 e. The number of sulfone groups is 1. The Balaban J connectivity index is 0.000000644. The van der Waals surface area contributed by atoms with E-state index >= 15 is 0 Å². The second kappa shape index (κ2) is 17.0. The first-order valence-corrected chi connectivity index (χ1v) is 16.0. The number of amides is 1. The van der Waals surface area contributed by atoms with E-state index in [2.05, 4.69) is 30.6 Å².